The zero-order chi connectivity index (χ0) is 51.8. The number of nitrogens with one attached hydrogen (secondary N) is 6. The number of hydrogen-bond donors (Lipinski definition) is 7. The molecule has 0 spiro atoms. The number of ketones is 1. The normalized spacial score (nSPS) is 12.0. The molecule has 2 unspecified atom stereocenters. The number of aryl methyl sites for hydroxylation is 2. The second kappa shape index (κ2) is 25.9. The summed E-state index contributed by atoms with van der Waals surface area (Å²) in [5.74, 6) is -3.57. The number of carboxylic acids is 1. The van der Waals surface area contributed by atoms with Crippen LogP contribution in [-0.4, -0.2) is 85.0 Å². The third-order valence-electron chi connectivity index (χ3n) is 10.6. The summed E-state index contributed by atoms with van der Waals surface area (Å²) in [6.07, 6.45) is 0.272. The van der Waals surface area contributed by atoms with Gasteiger partial charge in [-0.2, -0.15) is 26.3 Å². The van der Waals surface area contributed by atoms with Gasteiger partial charge in [0.15, 0.2) is 5.78 Å². The van der Waals surface area contributed by atoms with Crippen LogP contribution in [0.5, 0.6) is 0 Å². The minimum Gasteiger partial charge on any atom is -0.870 e. The molecular formula is C45H47Cl4LiN8O12S2. The fourth-order valence-electron chi connectivity index (χ4n) is 7.18. The molecule has 0 saturated carbocycles. The maximum atomic E-state index is 13.2. The molecule has 2 heterocycles. The summed E-state index contributed by atoms with van der Waals surface area (Å²) in [4.78, 5) is 71.4. The van der Waals surface area contributed by atoms with Gasteiger partial charge in [0.2, 0.25) is 11.8 Å². The Labute approximate surface area is 446 Å². The number of aromatic carboxylic acids is 1. The van der Waals surface area contributed by atoms with E-state index < -0.39 is 62.1 Å². The first kappa shape index (κ1) is 60.8. The number of Topliss-reactive ketones (excluding diaryl/α,β-unsaturated/α-hetero) is 1. The summed E-state index contributed by atoms with van der Waals surface area (Å²) in [5, 5.41) is 17.5. The third kappa shape index (κ3) is 15.8. The Kier molecular flexibility index (Phi) is 21.9. The molecule has 0 saturated heterocycles. The zero-order valence-corrected chi connectivity index (χ0v) is 43.9. The van der Waals surface area contributed by atoms with E-state index in [1.54, 1.807) is 88.6 Å². The summed E-state index contributed by atoms with van der Waals surface area (Å²) < 4.78 is 59.1. The first-order chi connectivity index (χ1) is 32.8. The largest absolute Gasteiger partial charge is 1.00 e. The van der Waals surface area contributed by atoms with E-state index in [0.717, 1.165) is 19.4 Å². The van der Waals surface area contributed by atoms with Crippen molar-refractivity contribution in [1.29, 1.82) is 0 Å². The van der Waals surface area contributed by atoms with Gasteiger partial charge in [-0.05, 0) is 79.4 Å². The van der Waals surface area contributed by atoms with Crippen molar-refractivity contribution in [2.45, 2.75) is 45.7 Å². The second-order valence-electron chi connectivity index (χ2n) is 15.6. The molecule has 0 fully saturated rings. The van der Waals surface area contributed by atoms with Crippen LogP contribution in [0.1, 0.15) is 98.5 Å². The van der Waals surface area contributed by atoms with Crippen LogP contribution < -0.4 is 48.4 Å². The predicted molar refractivity (Wildman–Crippen MR) is 269 cm³/mol. The molecule has 8 N–H and O–H groups in total. The van der Waals surface area contributed by atoms with Gasteiger partial charge in [-0.3, -0.25) is 24.0 Å². The number of carbonyl (C=O) groups excluding carboxylic acids is 5. The molecule has 0 aliphatic heterocycles. The van der Waals surface area contributed by atoms with Crippen LogP contribution in [0.15, 0.2) is 84.9 Å². The second-order valence-corrected chi connectivity index (χ2v) is 20.2. The number of carbonyl (C=O) groups is 6. The Hall–Kier alpha value is -5.48. The van der Waals surface area contributed by atoms with E-state index in [2.05, 4.69) is 20.1 Å². The van der Waals surface area contributed by atoms with E-state index in [0.29, 0.717) is 58.8 Å². The van der Waals surface area contributed by atoms with Gasteiger partial charge in [-0.15, -0.1) is 0 Å². The van der Waals surface area contributed by atoms with E-state index >= 15 is 0 Å². The third-order valence-corrected chi connectivity index (χ3v) is 14.5. The van der Waals surface area contributed by atoms with Gasteiger partial charge in [0.05, 0.1) is 37.7 Å². The van der Waals surface area contributed by atoms with Crippen LogP contribution in [0, 0.1) is 0 Å². The first-order valence-corrected chi connectivity index (χ1v) is 25.3. The van der Waals surface area contributed by atoms with Gasteiger partial charge < -0.3 is 30.4 Å². The summed E-state index contributed by atoms with van der Waals surface area (Å²) in [5.41, 5.74) is 3.81. The predicted octanol–water partition coefficient (Wildman–Crippen LogP) is 3.36. The Bertz CT molecular complexity index is 3030. The minimum atomic E-state index is -4.06. The molecule has 0 bridgehead atoms. The summed E-state index contributed by atoms with van der Waals surface area (Å²) >= 11 is 24.8. The van der Waals surface area contributed by atoms with Crippen molar-refractivity contribution >= 4 is 124 Å². The molecule has 72 heavy (non-hydrogen) atoms. The van der Waals surface area contributed by atoms with Crippen molar-refractivity contribution in [1.82, 2.24) is 38.7 Å². The van der Waals surface area contributed by atoms with Crippen molar-refractivity contribution in [2.24, 2.45) is 14.1 Å². The summed E-state index contributed by atoms with van der Waals surface area (Å²) in [6, 6.07) is 21.2. The topological polar surface area (TPSA) is 303 Å². The molecule has 0 aliphatic rings. The number of benzene rings is 4. The number of halogens is 4. The molecule has 6 aromatic rings. The van der Waals surface area contributed by atoms with E-state index in [4.69, 9.17) is 51.5 Å². The molecule has 0 aliphatic carbocycles. The smallest absolute Gasteiger partial charge is 0.870 e. The molecule has 0 radical (unpaired) electrons. The van der Waals surface area contributed by atoms with Gasteiger partial charge in [-0.1, -0.05) is 82.8 Å². The summed E-state index contributed by atoms with van der Waals surface area (Å²) in [7, 11) is -4.67. The SMILES string of the molecule is CC(=O)NS(=O)(=O)NCCC(NC(=O)c1cc2c(Cl)c(Cl)ccc2n1C)c1ccc(C(=O)O)cc1.CC(=O)NS(=O)(=O)NCCC(NC(=O)c1cc2c(Cl)c(Cl)ccc2n1C)c1ccc(C(C)=O)cc1.[Li+].[OH-]. The number of fused-ring (bicyclic) bond motifs is 2. The molecule has 2 aromatic heterocycles. The molecule has 27 heteroatoms. The van der Waals surface area contributed by atoms with Crippen molar-refractivity contribution in [3.05, 3.63) is 139 Å². The average Bonchev–Trinajstić information content (AvgIpc) is 3.81. The van der Waals surface area contributed by atoms with E-state index in [1.807, 2.05) is 4.72 Å². The van der Waals surface area contributed by atoms with Gasteiger partial charge in [-0.25, -0.2) is 14.2 Å². The fourth-order valence-corrected chi connectivity index (χ4v) is 9.61. The first-order valence-electron chi connectivity index (χ1n) is 20.8. The minimum absolute atomic E-state index is 0. The maximum absolute atomic E-state index is 13.2. The Balaban J connectivity index is 0.000000370. The summed E-state index contributed by atoms with van der Waals surface area (Å²) in [6.45, 7) is 3.41. The number of amides is 4. The van der Waals surface area contributed by atoms with Crippen LogP contribution in [0.3, 0.4) is 0 Å². The fraction of sp³-hybridized carbons (Fsp3) is 0.244. The molecule has 4 aromatic carbocycles. The van der Waals surface area contributed by atoms with Crippen LogP contribution in [0.25, 0.3) is 21.8 Å². The van der Waals surface area contributed by atoms with Crippen LogP contribution in [0.4, 0.5) is 0 Å². The van der Waals surface area contributed by atoms with Gasteiger partial charge >= 0.3 is 45.2 Å². The maximum Gasteiger partial charge on any atom is 1.00 e. The van der Waals surface area contributed by atoms with Crippen molar-refractivity contribution in [3.8, 4) is 0 Å². The quantitative estimate of drug-likeness (QED) is 0.0482. The van der Waals surface area contributed by atoms with Gasteiger partial charge in [0, 0.05) is 68.4 Å². The molecule has 6 rings (SSSR count). The van der Waals surface area contributed by atoms with Crippen molar-refractivity contribution in [3.63, 3.8) is 0 Å². The number of nitrogens with zero attached hydrogens (tertiary/aromatic N) is 2. The van der Waals surface area contributed by atoms with Crippen LogP contribution in [0.2, 0.25) is 20.1 Å². The monoisotopic (exact) mass is 1100 g/mol. The van der Waals surface area contributed by atoms with Crippen molar-refractivity contribution in [2.75, 3.05) is 13.1 Å². The van der Waals surface area contributed by atoms with Gasteiger partial charge in [0.25, 0.3) is 11.8 Å². The Morgan fingerprint density at radius 2 is 0.917 bits per heavy atom. The van der Waals surface area contributed by atoms with E-state index in [9.17, 15) is 45.6 Å². The van der Waals surface area contributed by atoms with Crippen molar-refractivity contribution < 1.29 is 75.0 Å². The molecular weight excluding hydrogens is 1060 g/mol. The Morgan fingerprint density at radius 3 is 1.24 bits per heavy atom. The van der Waals surface area contributed by atoms with Crippen LogP contribution >= 0.6 is 46.4 Å². The van der Waals surface area contributed by atoms with E-state index in [1.165, 1.54) is 31.2 Å². The average molecular weight is 1100 g/mol. The van der Waals surface area contributed by atoms with E-state index in [-0.39, 0.29) is 67.3 Å². The number of rotatable bonds is 18. The zero-order valence-electron chi connectivity index (χ0n) is 39.3. The molecule has 4 amide bonds. The number of carboxylic acid groups (broad SMARTS) is 1. The molecule has 2 atom stereocenters. The number of hydrogen-bond acceptors (Lipinski definition) is 11. The Morgan fingerprint density at radius 1 is 0.569 bits per heavy atom. The standard InChI is InChI=1S/C23H24Cl2N4O5S.C22H22Cl2N4O6S.Li.H2O/c1-13(30)15-4-6-16(7-5-15)19(10-11-26-35(33,34)28-14(2)31)27-23(32)21-12-17-20(29(21)3)9-8-18(24)22(17)25;1-12(29)27-35(33,34)25-10-9-17(13-3-5-14(6-4-13)22(31)32)26-21(30)19-11-15-18(28(19)2)8-7-16(23)20(15)24;;/h4-9,12,19,26H,10-11H2,1-3H3,(H,27,32)(H,28,31);3-8,11,17,25H,9-10H2,1-2H3,(H,26,30)(H,27,29)(H,31,32);;1H2/q;;+1;/p-1. The molecule has 380 valence electrons. The molecule has 20 nitrogen and oxygen atoms in total. The number of aromatic nitrogens is 2. The van der Waals surface area contributed by atoms with Gasteiger partial charge in [0.1, 0.15) is 11.4 Å². The van der Waals surface area contributed by atoms with Crippen LogP contribution in [-0.2, 0) is 44.1 Å².